The first-order valence-corrected chi connectivity index (χ1v) is 9.80. The number of pyridine rings is 1. The molecule has 5 nitrogen and oxygen atoms in total. The third-order valence-electron chi connectivity index (χ3n) is 4.05. The van der Waals surface area contributed by atoms with Crippen molar-refractivity contribution in [2.75, 3.05) is 0 Å². The Kier molecular flexibility index (Phi) is 6.46. The normalized spacial score (nSPS) is 11.0. The summed E-state index contributed by atoms with van der Waals surface area (Å²) in [5.74, 6) is 0.167. The number of nitrogens with zero attached hydrogens (tertiary/aromatic N) is 3. The number of hydrogen-bond acceptors (Lipinski definition) is 5. The second kappa shape index (κ2) is 9.01. The minimum atomic E-state index is -0.360. The van der Waals surface area contributed by atoms with Crippen LogP contribution in [0.1, 0.15) is 43.8 Å². The molecule has 2 heterocycles. The molecule has 0 aliphatic heterocycles. The molecule has 0 N–H and O–H groups in total. The van der Waals surface area contributed by atoms with E-state index in [-0.39, 0.29) is 24.3 Å². The Morgan fingerprint density at radius 2 is 2.11 bits per heavy atom. The third-order valence-corrected chi connectivity index (χ3v) is 5.16. The molecule has 0 radical (unpaired) electrons. The number of halogens is 1. The molecule has 28 heavy (non-hydrogen) atoms. The van der Waals surface area contributed by atoms with Gasteiger partial charge in [0.2, 0.25) is 0 Å². The van der Waals surface area contributed by atoms with Crippen LogP contribution >= 0.6 is 11.8 Å². The van der Waals surface area contributed by atoms with Crippen LogP contribution in [0.3, 0.4) is 0 Å². The lowest BCUT2D eigenvalue weighted by Gasteiger charge is -2.13. The monoisotopic (exact) mass is 399 g/mol. The minimum absolute atomic E-state index is 0.0824. The summed E-state index contributed by atoms with van der Waals surface area (Å²) >= 11 is 1.46. The number of esters is 1. The molecule has 0 saturated heterocycles. The first-order valence-electron chi connectivity index (χ1n) is 8.99. The fourth-order valence-corrected chi connectivity index (χ4v) is 3.95. The van der Waals surface area contributed by atoms with Gasteiger partial charge in [0.15, 0.2) is 0 Å². The molecule has 0 unspecified atom stereocenters. The SMILES string of the molecule is CC(=O)OCc1nc(C(C)C)c(Sc2cccc(F)c2)n1Cc1cccnc1. The van der Waals surface area contributed by atoms with Crippen LogP contribution in [0, 0.1) is 5.82 Å². The highest BCUT2D eigenvalue weighted by Crippen LogP contribution is 2.35. The molecule has 7 heteroatoms. The van der Waals surface area contributed by atoms with Gasteiger partial charge in [0.25, 0.3) is 0 Å². The summed E-state index contributed by atoms with van der Waals surface area (Å²) in [6.45, 7) is 6.10. The van der Waals surface area contributed by atoms with Crippen LogP contribution in [0.4, 0.5) is 4.39 Å². The van der Waals surface area contributed by atoms with Crippen molar-refractivity contribution in [3.8, 4) is 0 Å². The highest BCUT2D eigenvalue weighted by Gasteiger charge is 2.21. The Balaban J connectivity index is 2.06. The predicted molar refractivity (Wildman–Crippen MR) is 106 cm³/mol. The number of carbonyl (C=O) groups is 1. The van der Waals surface area contributed by atoms with E-state index < -0.39 is 0 Å². The van der Waals surface area contributed by atoms with E-state index in [2.05, 4.69) is 18.8 Å². The lowest BCUT2D eigenvalue weighted by atomic mass is 10.1. The molecule has 0 spiro atoms. The lowest BCUT2D eigenvalue weighted by molar-refractivity contribution is -0.142. The van der Waals surface area contributed by atoms with Crippen molar-refractivity contribution in [2.45, 2.75) is 49.8 Å². The van der Waals surface area contributed by atoms with Gasteiger partial charge in [-0.25, -0.2) is 9.37 Å². The van der Waals surface area contributed by atoms with Gasteiger partial charge in [-0.15, -0.1) is 0 Å². The summed E-state index contributed by atoms with van der Waals surface area (Å²) in [4.78, 5) is 21.0. The van der Waals surface area contributed by atoms with Crippen LogP contribution < -0.4 is 0 Å². The van der Waals surface area contributed by atoms with Crippen molar-refractivity contribution < 1.29 is 13.9 Å². The first-order chi connectivity index (χ1) is 13.4. The average Bonchev–Trinajstić information content (AvgIpc) is 2.98. The van der Waals surface area contributed by atoms with Gasteiger partial charge in [0, 0.05) is 24.2 Å². The van der Waals surface area contributed by atoms with Gasteiger partial charge in [0.05, 0.1) is 12.2 Å². The fraction of sp³-hybridized carbons (Fsp3) is 0.286. The highest BCUT2D eigenvalue weighted by atomic mass is 32.2. The second-order valence-corrected chi connectivity index (χ2v) is 7.72. The lowest BCUT2D eigenvalue weighted by Crippen LogP contribution is -2.10. The summed E-state index contributed by atoms with van der Waals surface area (Å²) in [6.07, 6.45) is 3.51. The van der Waals surface area contributed by atoms with E-state index in [1.807, 2.05) is 22.8 Å². The molecular formula is C21H22FN3O2S. The maximum absolute atomic E-state index is 13.7. The van der Waals surface area contributed by atoms with E-state index in [0.29, 0.717) is 12.4 Å². The van der Waals surface area contributed by atoms with E-state index in [4.69, 9.17) is 9.72 Å². The minimum Gasteiger partial charge on any atom is -0.458 e. The number of rotatable bonds is 7. The molecule has 1 aromatic carbocycles. The van der Waals surface area contributed by atoms with Gasteiger partial charge >= 0.3 is 5.97 Å². The smallest absolute Gasteiger partial charge is 0.303 e. The van der Waals surface area contributed by atoms with Gasteiger partial charge in [-0.05, 0) is 35.7 Å². The van der Waals surface area contributed by atoms with Crippen molar-refractivity contribution in [3.63, 3.8) is 0 Å². The Morgan fingerprint density at radius 3 is 2.75 bits per heavy atom. The molecule has 2 aromatic heterocycles. The Hall–Kier alpha value is -2.67. The van der Waals surface area contributed by atoms with Crippen molar-refractivity contribution >= 4 is 17.7 Å². The van der Waals surface area contributed by atoms with Crippen molar-refractivity contribution in [1.82, 2.24) is 14.5 Å². The number of hydrogen-bond donors (Lipinski definition) is 0. The van der Waals surface area contributed by atoms with Gasteiger partial charge in [-0.2, -0.15) is 0 Å². The van der Waals surface area contributed by atoms with Crippen molar-refractivity contribution in [1.29, 1.82) is 0 Å². The fourth-order valence-electron chi connectivity index (χ4n) is 2.74. The van der Waals surface area contributed by atoms with Gasteiger partial charge < -0.3 is 9.30 Å². The molecule has 0 amide bonds. The zero-order chi connectivity index (χ0) is 20.1. The summed E-state index contributed by atoms with van der Waals surface area (Å²) < 4.78 is 20.9. The maximum Gasteiger partial charge on any atom is 0.303 e. The van der Waals surface area contributed by atoms with Crippen LogP contribution in [0.25, 0.3) is 0 Å². The molecule has 0 atom stereocenters. The molecule has 3 aromatic rings. The summed E-state index contributed by atoms with van der Waals surface area (Å²) in [5.41, 5.74) is 1.89. The molecule has 3 rings (SSSR count). The largest absolute Gasteiger partial charge is 0.458 e. The highest BCUT2D eigenvalue weighted by molar-refractivity contribution is 7.99. The topological polar surface area (TPSA) is 57.0 Å². The predicted octanol–water partition coefficient (Wildman–Crippen LogP) is 4.80. The summed E-state index contributed by atoms with van der Waals surface area (Å²) in [5, 5.41) is 0.909. The van der Waals surface area contributed by atoms with Crippen molar-refractivity contribution in [2.24, 2.45) is 0 Å². The first kappa shape index (κ1) is 20.1. The van der Waals surface area contributed by atoms with Crippen LogP contribution in [-0.4, -0.2) is 20.5 Å². The number of carbonyl (C=O) groups excluding carboxylic acids is 1. The van der Waals surface area contributed by atoms with E-state index in [0.717, 1.165) is 21.2 Å². The van der Waals surface area contributed by atoms with Crippen molar-refractivity contribution in [3.05, 3.63) is 71.7 Å². The number of benzene rings is 1. The molecular weight excluding hydrogens is 377 g/mol. The quantitative estimate of drug-likeness (QED) is 0.534. The third kappa shape index (κ3) is 4.98. The van der Waals surface area contributed by atoms with Crippen LogP contribution in [0.2, 0.25) is 0 Å². The van der Waals surface area contributed by atoms with E-state index >= 15 is 0 Å². The van der Waals surface area contributed by atoms with E-state index in [9.17, 15) is 9.18 Å². The zero-order valence-electron chi connectivity index (χ0n) is 16.1. The van der Waals surface area contributed by atoms with Gasteiger partial charge in [0.1, 0.15) is 23.3 Å². The Bertz CT molecular complexity index is 958. The molecule has 146 valence electrons. The summed E-state index contributed by atoms with van der Waals surface area (Å²) in [6, 6.07) is 10.3. The maximum atomic E-state index is 13.7. The molecule has 0 aliphatic rings. The molecule has 0 fully saturated rings. The Labute approximate surface area is 168 Å². The van der Waals surface area contributed by atoms with Crippen LogP contribution in [-0.2, 0) is 22.7 Å². The standard InChI is InChI=1S/C21H22FN3O2S/c1-14(2)20-21(28-18-8-4-7-17(22)10-18)25(12-16-6-5-9-23-11-16)19(24-20)13-27-15(3)26/h4-11,14H,12-13H2,1-3H3. The number of aromatic nitrogens is 3. The van der Waals surface area contributed by atoms with Crippen LogP contribution in [0.15, 0.2) is 58.7 Å². The zero-order valence-corrected chi connectivity index (χ0v) is 16.9. The molecule has 0 bridgehead atoms. The molecule has 0 saturated carbocycles. The van der Waals surface area contributed by atoms with E-state index in [1.165, 1.54) is 30.8 Å². The Morgan fingerprint density at radius 1 is 1.29 bits per heavy atom. The van der Waals surface area contributed by atoms with Crippen LogP contribution in [0.5, 0.6) is 0 Å². The number of imidazole rings is 1. The van der Waals surface area contributed by atoms with Gasteiger partial charge in [-0.1, -0.05) is 37.7 Å². The van der Waals surface area contributed by atoms with Gasteiger partial charge in [-0.3, -0.25) is 9.78 Å². The van der Waals surface area contributed by atoms with E-state index in [1.54, 1.807) is 18.5 Å². The average molecular weight is 399 g/mol. The number of ether oxygens (including phenoxy) is 1. The molecule has 0 aliphatic carbocycles. The second-order valence-electron chi connectivity index (χ2n) is 6.66. The summed E-state index contributed by atoms with van der Waals surface area (Å²) in [7, 11) is 0.